The van der Waals surface area contributed by atoms with Crippen LogP contribution in [0.3, 0.4) is 0 Å². The molecule has 0 saturated carbocycles. The van der Waals surface area contributed by atoms with Crippen molar-refractivity contribution in [1.29, 1.82) is 0 Å². The minimum Gasteiger partial charge on any atom is -0.331 e. The molecular formula is C21H25N3OS2. The number of rotatable bonds is 6. The maximum Gasteiger partial charge on any atom is 0.317 e. The molecule has 0 bridgehead atoms. The van der Waals surface area contributed by atoms with Crippen LogP contribution in [0.25, 0.3) is 10.2 Å². The Bertz CT molecular complexity index is 872. The lowest BCUT2D eigenvalue weighted by Crippen LogP contribution is -2.38. The van der Waals surface area contributed by atoms with Crippen molar-refractivity contribution in [3.63, 3.8) is 0 Å². The molecule has 0 aliphatic heterocycles. The second-order valence-electron chi connectivity index (χ2n) is 6.84. The number of urea groups is 1. The first-order chi connectivity index (χ1) is 12.9. The summed E-state index contributed by atoms with van der Waals surface area (Å²) in [4.78, 5) is 20.1. The molecule has 0 aliphatic carbocycles. The van der Waals surface area contributed by atoms with Gasteiger partial charge in [-0.1, -0.05) is 38.1 Å². The van der Waals surface area contributed by atoms with Gasteiger partial charge in [-0.3, -0.25) is 0 Å². The normalized spacial score (nSPS) is 12.3. The molecule has 2 aromatic carbocycles. The lowest BCUT2D eigenvalue weighted by Gasteiger charge is -2.21. The average Bonchev–Trinajstić information content (AvgIpc) is 3.03. The number of benzene rings is 2. The summed E-state index contributed by atoms with van der Waals surface area (Å²) in [5, 5.41) is 4.57. The van der Waals surface area contributed by atoms with Crippen molar-refractivity contribution in [2.24, 2.45) is 0 Å². The van der Waals surface area contributed by atoms with E-state index in [9.17, 15) is 4.79 Å². The molecule has 0 fully saturated rings. The number of aromatic nitrogens is 1. The number of nitrogens with one attached hydrogen (secondary N) is 1. The third kappa shape index (κ3) is 5.23. The highest BCUT2D eigenvalue weighted by Gasteiger charge is 2.15. The van der Waals surface area contributed by atoms with Gasteiger partial charge in [0.05, 0.1) is 22.8 Å². The maximum atomic E-state index is 12.5. The van der Waals surface area contributed by atoms with E-state index < -0.39 is 0 Å². The number of fused-ring (bicyclic) bond motifs is 1. The van der Waals surface area contributed by atoms with Crippen LogP contribution < -0.4 is 5.32 Å². The molecule has 27 heavy (non-hydrogen) atoms. The Kier molecular flexibility index (Phi) is 6.39. The van der Waals surface area contributed by atoms with Crippen molar-refractivity contribution in [3.05, 3.63) is 59.1 Å². The number of thiazole rings is 1. The molecule has 0 spiro atoms. The molecule has 3 rings (SSSR count). The zero-order valence-electron chi connectivity index (χ0n) is 16.1. The van der Waals surface area contributed by atoms with Crippen molar-refractivity contribution in [3.8, 4) is 0 Å². The molecule has 1 heterocycles. The molecule has 1 unspecified atom stereocenters. The van der Waals surface area contributed by atoms with Crippen LogP contribution in [0, 0.1) is 0 Å². The van der Waals surface area contributed by atoms with E-state index in [0.29, 0.717) is 11.8 Å². The first kappa shape index (κ1) is 19.7. The van der Waals surface area contributed by atoms with E-state index in [4.69, 9.17) is 0 Å². The smallest absolute Gasteiger partial charge is 0.317 e. The van der Waals surface area contributed by atoms with Gasteiger partial charge >= 0.3 is 6.03 Å². The topological polar surface area (TPSA) is 45.2 Å². The Morgan fingerprint density at radius 3 is 2.52 bits per heavy atom. The van der Waals surface area contributed by atoms with E-state index in [1.807, 2.05) is 36.9 Å². The number of hydrogen-bond donors (Lipinski definition) is 1. The molecule has 2 amide bonds. The summed E-state index contributed by atoms with van der Waals surface area (Å²) in [7, 11) is 1.80. The molecular weight excluding hydrogens is 374 g/mol. The number of hydrogen-bond acceptors (Lipinski definition) is 4. The Morgan fingerprint density at radius 2 is 1.85 bits per heavy atom. The number of carbonyl (C=O) groups excluding carboxylic acids is 1. The lowest BCUT2D eigenvalue weighted by atomic mass is 10.1. The summed E-state index contributed by atoms with van der Waals surface area (Å²) in [6.45, 7) is 6.88. The van der Waals surface area contributed by atoms with Crippen LogP contribution in [0.5, 0.6) is 0 Å². The Hall–Kier alpha value is -2.05. The van der Waals surface area contributed by atoms with Gasteiger partial charge in [-0.25, -0.2) is 9.78 Å². The third-order valence-electron chi connectivity index (χ3n) is 4.15. The highest BCUT2D eigenvalue weighted by molar-refractivity contribution is 7.99. The molecule has 6 heteroatoms. The number of nitrogens with zero attached hydrogens (tertiary/aromatic N) is 2. The standard InChI is InChI=1S/C21H25N3OS2/c1-14(2)26-17-11-9-16(10-12-17)15(3)22-21(25)24(4)13-20-23-18-7-5-6-8-19(18)27-20/h5-12,14-15H,13H2,1-4H3,(H,22,25). The molecule has 1 atom stereocenters. The van der Waals surface area contributed by atoms with Crippen LogP contribution >= 0.6 is 23.1 Å². The summed E-state index contributed by atoms with van der Waals surface area (Å²) < 4.78 is 1.15. The van der Waals surface area contributed by atoms with Gasteiger partial charge in [0.25, 0.3) is 0 Å². The highest BCUT2D eigenvalue weighted by atomic mass is 32.2. The number of amides is 2. The number of thioether (sulfide) groups is 1. The quantitative estimate of drug-likeness (QED) is 0.541. The number of carbonyl (C=O) groups is 1. The van der Waals surface area contributed by atoms with Crippen molar-refractivity contribution < 1.29 is 4.79 Å². The third-order valence-corrected chi connectivity index (χ3v) is 6.19. The van der Waals surface area contributed by atoms with Crippen LogP contribution in [0.1, 0.15) is 37.4 Å². The summed E-state index contributed by atoms with van der Waals surface area (Å²) in [6.07, 6.45) is 0. The van der Waals surface area contributed by atoms with Gasteiger partial charge in [0, 0.05) is 17.2 Å². The molecule has 0 aliphatic rings. The van der Waals surface area contributed by atoms with Crippen molar-refractivity contribution >= 4 is 39.3 Å². The van der Waals surface area contributed by atoms with Crippen LogP contribution in [0.15, 0.2) is 53.4 Å². The molecule has 0 saturated heterocycles. The first-order valence-corrected chi connectivity index (χ1v) is 10.7. The van der Waals surface area contributed by atoms with Gasteiger partial charge in [-0.2, -0.15) is 0 Å². The van der Waals surface area contributed by atoms with E-state index in [-0.39, 0.29) is 12.1 Å². The maximum absolute atomic E-state index is 12.5. The second-order valence-corrected chi connectivity index (χ2v) is 9.60. The lowest BCUT2D eigenvalue weighted by molar-refractivity contribution is 0.203. The van der Waals surface area contributed by atoms with Gasteiger partial charge in [0.2, 0.25) is 0 Å². The van der Waals surface area contributed by atoms with Crippen LogP contribution in [-0.2, 0) is 6.54 Å². The largest absolute Gasteiger partial charge is 0.331 e. The highest BCUT2D eigenvalue weighted by Crippen LogP contribution is 2.25. The zero-order chi connectivity index (χ0) is 19.4. The predicted octanol–water partition coefficient (Wildman–Crippen LogP) is 5.70. The van der Waals surface area contributed by atoms with Gasteiger partial charge < -0.3 is 10.2 Å². The molecule has 142 valence electrons. The second kappa shape index (κ2) is 8.76. The Labute approximate surface area is 169 Å². The fourth-order valence-electron chi connectivity index (χ4n) is 2.75. The van der Waals surface area contributed by atoms with E-state index >= 15 is 0 Å². The van der Waals surface area contributed by atoms with E-state index in [0.717, 1.165) is 20.8 Å². The van der Waals surface area contributed by atoms with Crippen molar-refractivity contribution in [2.75, 3.05) is 7.05 Å². The monoisotopic (exact) mass is 399 g/mol. The molecule has 4 nitrogen and oxygen atoms in total. The van der Waals surface area contributed by atoms with Crippen molar-refractivity contribution in [1.82, 2.24) is 15.2 Å². The summed E-state index contributed by atoms with van der Waals surface area (Å²) in [5.74, 6) is 0. The van der Waals surface area contributed by atoms with Gasteiger partial charge in [-0.15, -0.1) is 23.1 Å². The van der Waals surface area contributed by atoms with Crippen LogP contribution in [-0.4, -0.2) is 28.2 Å². The molecule has 3 aromatic rings. The van der Waals surface area contributed by atoms with E-state index in [1.165, 1.54) is 4.90 Å². The zero-order valence-corrected chi connectivity index (χ0v) is 17.7. The summed E-state index contributed by atoms with van der Waals surface area (Å²) in [5.41, 5.74) is 2.09. The molecule has 0 radical (unpaired) electrons. The average molecular weight is 400 g/mol. The minimum atomic E-state index is -0.0950. The predicted molar refractivity (Wildman–Crippen MR) is 115 cm³/mol. The summed E-state index contributed by atoms with van der Waals surface area (Å²) in [6, 6.07) is 16.3. The van der Waals surface area contributed by atoms with E-state index in [2.05, 4.69) is 54.5 Å². The van der Waals surface area contributed by atoms with Crippen molar-refractivity contribution in [2.45, 2.75) is 43.5 Å². The van der Waals surface area contributed by atoms with Crippen LogP contribution in [0.4, 0.5) is 4.79 Å². The van der Waals surface area contributed by atoms with Gasteiger partial charge in [0.1, 0.15) is 5.01 Å². The first-order valence-electron chi connectivity index (χ1n) is 9.05. The fraction of sp³-hybridized carbons (Fsp3) is 0.333. The summed E-state index contributed by atoms with van der Waals surface area (Å²) >= 11 is 3.47. The van der Waals surface area contributed by atoms with Gasteiger partial charge in [0.15, 0.2) is 0 Å². The molecule has 1 N–H and O–H groups in total. The van der Waals surface area contributed by atoms with E-state index in [1.54, 1.807) is 23.3 Å². The SMILES string of the molecule is CC(C)Sc1ccc(C(C)NC(=O)N(C)Cc2nc3ccccc3s2)cc1. The Balaban J connectivity index is 1.58. The van der Waals surface area contributed by atoms with Gasteiger partial charge in [-0.05, 0) is 36.8 Å². The molecule has 1 aromatic heterocycles. The number of para-hydroxylation sites is 1. The fourth-order valence-corrected chi connectivity index (χ4v) is 4.61. The minimum absolute atomic E-state index is 0.0478. The van der Waals surface area contributed by atoms with Crippen LogP contribution in [0.2, 0.25) is 0 Å². The Morgan fingerprint density at radius 1 is 1.15 bits per heavy atom.